The molecule has 2 aromatic heterocycles. The largest absolute Gasteiger partial charge is 0.478 e. The van der Waals surface area contributed by atoms with Gasteiger partial charge in [0.2, 0.25) is 0 Å². The van der Waals surface area contributed by atoms with Crippen LogP contribution in [0.4, 0.5) is 0 Å². The molecule has 0 fully saturated rings. The van der Waals surface area contributed by atoms with Crippen molar-refractivity contribution < 1.29 is 9.90 Å². The molecule has 0 spiro atoms. The molecule has 0 atom stereocenters. The summed E-state index contributed by atoms with van der Waals surface area (Å²) >= 11 is 11.8. The molecular formula is C13H7Cl2N3O2. The highest BCUT2D eigenvalue weighted by Crippen LogP contribution is 2.28. The average molecular weight is 308 g/mol. The fraction of sp³-hybridized carbons (Fsp3) is 0. The van der Waals surface area contributed by atoms with Gasteiger partial charge in [0.15, 0.2) is 5.65 Å². The Morgan fingerprint density at radius 1 is 1.20 bits per heavy atom. The molecule has 1 aromatic carbocycles. The molecule has 0 amide bonds. The number of imidazole rings is 1. The van der Waals surface area contributed by atoms with Crippen LogP contribution in [0.2, 0.25) is 10.0 Å². The van der Waals surface area contributed by atoms with E-state index in [2.05, 4.69) is 15.0 Å². The number of carboxylic acid groups (broad SMARTS) is 1. The predicted octanol–water partition coefficient (Wildman–Crippen LogP) is 3.63. The first kappa shape index (κ1) is 12.9. The van der Waals surface area contributed by atoms with Gasteiger partial charge in [0.05, 0.1) is 21.1 Å². The van der Waals surface area contributed by atoms with E-state index >= 15 is 0 Å². The van der Waals surface area contributed by atoms with Crippen LogP contribution in [0.25, 0.3) is 22.6 Å². The van der Waals surface area contributed by atoms with Gasteiger partial charge >= 0.3 is 5.97 Å². The second kappa shape index (κ2) is 4.77. The molecule has 3 rings (SSSR count). The normalized spacial score (nSPS) is 10.9. The molecule has 2 N–H and O–H groups in total. The second-order valence-corrected chi connectivity index (χ2v) is 4.93. The zero-order valence-corrected chi connectivity index (χ0v) is 11.4. The van der Waals surface area contributed by atoms with Crippen molar-refractivity contribution in [3.05, 3.63) is 46.1 Å². The van der Waals surface area contributed by atoms with Gasteiger partial charge in [-0.05, 0) is 24.3 Å². The van der Waals surface area contributed by atoms with E-state index in [1.165, 1.54) is 12.3 Å². The van der Waals surface area contributed by atoms with E-state index in [9.17, 15) is 4.79 Å². The van der Waals surface area contributed by atoms with Gasteiger partial charge < -0.3 is 10.1 Å². The lowest BCUT2D eigenvalue weighted by atomic mass is 10.2. The number of aromatic nitrogens is 3. The number of pyridine rings is 1. The van der Waals surface area contributed by atoms with Gasteiger partial charge in [0.1, 0.15) is 5.82 Å². The number of benzene rings is 1. The Kier molecular flexibility index (Phi) is 3.08. The molecule has 0 saturated heterocycles. The Morgan fingerprint density at radius 3 is 2.70 bits per heavy atom. The van der Waals surface area contributed by atoms with Crippen LogP contribution in [0.15, 0.2) is 30.5 Å². The molecule has 3 aromatic rings. The Labute approximate surface area is 123 Å². The van der Waals surface area contributed by atoms with Gasteiger partial charge in [-0.25, -0.2) is 14.8 Å². The number of carboxylic acids is 1. The van der Waals surface area contributed by atoms with Gasteiger partial charge in [-0.3, -0.25) is 0 Å². The van der Waals surface area contributed by atoms with Crippen LogP contribution in [0.5, 0.6) is 0 Å². The summed E-state index contributed by atoms with van der Waals surface area (Å²) < 4.78 is 0. The maximum Gasteiger partial charge on any atom is 0.337 e. The average Bonchev–Trinajstić information content (AvgIpc) is 2.84. The van der Waals surface area contributed by atoms with E-state index in [-0.39, 0.29) is 5.56 Å². The molecule has 5 nitrogen and oxygen atoms in total. The monoisotopic (exact) mass is 307 g/mol. The standard InChI is InChI=1S/C13H7Cl2N3O2/c14-8-2-1-6(3-9(8)15)11-17-10-4-7(13(19)20)5-16-12(10)18-11/h1-5H,(H,19,20)(H,16,17,18). The number of aromatic amines is 1. The zero-order valence-electron chi connectivity index (χ0n) is 9.89. The fourth-order valence-corrected chi connectivity index (χ4v) is 2.10. The molecule has 0 aliphatic heterocycles. The second-order valence-electron chi connectivity index (χ2n) is 4.11. The SMILES string of the molecule is O=C(O)c1cnc2nc(-c3ccc(Cl)c(Cl)c3)[nH]c2c1. The number of aromatic carboxylic acids is 1. The summed E-state index contributed by atoms with van der Waals surface area (Å²) in [5, 5.41) is 9.81. The lowest BCUT2D eigenvalue weighted by molar-refractivity contribution is 0.0696. The predicted molar refractivity (Wildman–Crippen MR) is 76.3 cm³/mol. The van der Waals surface area contributed by atoms with Gasteiger partial charge in [-0.1, -0.05) is 23.2 Å². The van der Waals surface area contributed by atoms with Crippen molar-refractivity contribution in [1.82, 2.24) is 15.0 Å². The highest BCUT2D eigenvalue weighted by atomic mass is 35.5. The van der Waals surface area contributed by atoms with Crippen LogP contribution in [-0.4, -0.2) is 26.0 Å². The number of fused-ring (bicyclic) bond motifs is 1. The number of hydrogen-bond acceptors (Lipinski definition) is 3. The minimum Gasteiger partial charge on any atom is -0.478 e. The number of halogens is 2. The lowest BCUT2D eigenvalue weighted by Crippen LogP contribution is -1.96. The summed E-state index contributed by atoms with van der Waals surface area (Å²) in [7, 11) is 0. The molecule has 2 heterocycles. The van der Waals surface area contributed by atoms with Crippen molar-refractivity contribution >= 4 is 40.3 Å². The summed E-state index contributed by atoms with van der Waals surface area (Å²) in [4.78, 5) is 22.2. The van der Waals surface area contributed by atoms with E-state index in [4.69, 9.17) is 28.3 Å². The van der Waals surface area contributed by atoms with Crippen LogP contribution < -0.4 is 0 Å². The third-order valence-electron chi connectivity index (χ3n) is 2.78. The number of nitrogens with one attached hydrogen (secondary N) is 1. The highest BCUT2D eigenvalue weighted by molar-refractivity contribution is 6.42. The highest BCUT2D eigenvalue weighted by Gasteiger charge is 2.11. The minimum atomic E-state index is -1.04. The van der Waals surface area contributed by atoms with Gasteiger partial charge in [-0.2, -0.15) is 0 Å². The number of carbonyl (C=O) groups is 1. The lowest BCUT2D eigenvalue weighted by Gasteiger charge is -1.99. The number of hydrogen-bond donors (Lipinski definition) is 2. The van der Waals surface area contributed by atoms with Gasteiger partial charge in [0.25, 0.3) is 0 Å². The summed E-state index contributed by atoms with van der Waals surface area (Å²) in [6.45, 7) is 0. The van der Waals surface area contributed by atoms with Crippen LogP contribution in [-0.2, 0) is 0 Å². The maximum atomic E-state index is 10.9. The minimum absolute atomic E-state index is 0.0989. The van der Waals surface area contributed by atoms with Crippen molar-refractivity contribution in [2.45, 2.75) is 0 Å². The molecule has 0 radical (unpaired) electrons. The van der Waals surface area contributed by atoms with E-state index in [1.807, 2.05) is 0 Å². The van der Waals surface area contributed by atoms with Crippen LogP contribution in [0.1, 0.15) is 10.4 Å². The van der Waals surface area contributed by atoms with E-state index in [0.29, 0.717) is 27.0 Å². The smallest absolute Gasteiger partial charge is 0.337 e. The molecule has 0 saturated carbocycles. The Hall–Kier alpha value is -2.11. The molecule has 0 aliphatic rings. The summed E-state index contributed by atoms with van der Waals surface area (Å²) in [5.74, 6) is -0.487. The first-order valence-electron chi connectivity index (χ1n) is 5.59. The maximum absolute atomic E-state index is 10.9. The van der Waals surface area contributed by atoms with Crippen molar-refractivity contribution in [2.24, 2.45) is 0 Å². The molecule has 20 heavy (non-hydrogen) atoms. The summed E-state index contributed by atoms with van der Waals surface area (Å²) in [5.41, 5.74) is 1.83. The fourth-order valence-electron chi connectivity index (χ4n) is 1.80. The first-order valence-corrected chi connectivity index (χ1v) is 6.34. The van der Waals surface area contributed by atoms with Crippen molar-refractivity contribution in [3.63, 3.8) is 0 Å². The third-order valence-corrected chi connectivity index (χ3v) is 3.52. The first-order chi connectivity index (χ1) is 9.54. The topological polar surface area (TPSA) is 78.9 Å². The molecular weight excluding hydrogens is 301 g/mol. The number of rotatable bonds is 2. The van der Waals surface area contributed by atoms with E-state index in [0.717, 1.165) is 5.56 Å². The Morgan fingerprint density at radius 2 is 2.00 bits per heavy atom. The van der Waals surface area contributed by atoms with Gasteiger partial charge in [-0.15, -0.1) is 0 Å². The zero-order chi connectivity index (χ0) is 14.3. The van der Waals surface area contributed by atoms with Crippen molar-refractivity contribution in [2.75, 3.05) is 0 Å². The summed E-state index contributed by atoms with van der Waals surface area (Å²) in [6, 6.07) is 6.60. The molecule has 0 aliphatic carbocycles. The van der Waals surface area contributed by atoms with Crippen molar-refractivity contribution in [3.8, 4) is 11.4 Å². The Balaban J connectivity index is 2.12. The van der Waals surface area contributed by atoms with E-state index < -0.39 is 5.97 Å². The third kappa shape index (κ3) is 2.21. The van der Waals surface area contributed by atoms with Crippen LogP contribution >= 0.6 is 23.2 Å². The van der Waals surface area contributed by atoms with Crippen LogP contribution in [0.3, 0.4) is 0 Å². The number of nitrogens with zero attached hydrogens (tertiary/aromatic N) is 2. The molecule has 100 valence electrons. The molecule has 0 unspecified atom stereocenters. The molecule has 0 bridgehead atoms. The summed E-state index contributed by atoms with van der Waals surface area (Å²) in [6.07, 6.45) is 1.27. The van der Waals surface area contributed by atoms with Gasteiger partial charge in [0, 0.05) is 11.8 Å². The van der Waals surface area contributed by atoms with Crippen molar-refractivity contribution in [1.29, 1.82) is 0 Å². The van der Waals surface area contributed by atoms with Crippen LogP contribution in [0, 0.1) is 0 Å². The quantitative estimate of drug-likeness (QED) is 0.757. The molecule has 7 heteroatoms. The number of H-pyrrole nitrogens is 1. The van der Waals surface area contributed by atoms with E-state index in [1.54, 1.807) is 18.2 Å². The Bertz CT molecular complexity index is 830.